The van der Waals surface area contributed by atoms with Gasteiger partial charge in [-0.3, -0.25) is 19.7 Å². The number of esters is 1. The van der Waals surface area contributed by atoms with E-state index in [4.69, 9.17) is 14.2 Å². The molecule has 2 aromatic rings. The lowest BCUT2D eigenvalue weighted by Gasteiger charge is -2.27. The molecule has 0 bridgehead atoms. The summed E-state index contributed by atoms with van der Waals surface area (Å²) < 4.78 is 30.0. The van der Waals surface area contributed by atoms with Gasteiger partial charge in [-0.2, -0.15) is 0 Å². The number of imide groups is 1. The normalized spacial score (nSPS) is 18.8. The van der Waals surface area contributed by atoms with Crippen molar-refractivity contribution in [2.75, 3.05) is 13.2 Å². The van der Waals surface area contributed by atoms with Gasteiger partial charge in [-0.25, -0.2) is 4.39 Å². The molecular formula is C23H22FNO6. The molecule has 8 heteroatoms. The SMILES string of the molecule is O=C(COC(=O)C1(c2cccc(F)c2)CCCC1)NC(=O)C1COc2ccccc2O1. The molecule has 1 aliphatic carbocycles. The number of amides is 2. The van der Waals surface area contributed by atoms with Crippen molar-refractivity contribution < 1.29 is 33.0 Å². The van der Waals surface area contributed by atoms with E-state index in [1.807, 2.05) is 0 Å². The van der Waals surface area contributed by atoms with Gasteiger partial charge in [0.1, 0.15) is 12.4 Å². The Morgan fingerprint density at radius 2 is 1.81 bits per heavy atom. The number of hydrogen-bond donors (Lipinski definition) is 1. The molecule has 31 heavy (non-hydrogen) atoms. The first-order valence-corrected chi connectivity index (χ1v) is 10.1. The number of para-hydroxylation sites is 2. The molecule has 0 radical (unpaired) electrons. The summed E-state index contributed by atoms with van der Waals surface area (Å²) in [5, 5.41) is 2.17. The van der Waals surface area contributed by atoms with Crippen molar-refractivity contribution in [3.05, 3.63) is 59.9 Å². The Hall–Kier alpha value is -3.42. The number of benzene rings is 2. The maximum Gasteiger partial charge on any atom is 0.317 e. The predicted octanol–water partition coefficient (Wildman–Crippen LogP) is 2.66. The summed E-state index contributed by atoms with van der Waals surface area (Å²) >= 11 is 0. The van der Waals surface area contributed by atoms with E-state index >= 15 is 0 Å². The van der Waals surface area contributed by atoms with Gasteiger partial charge in [0.2, 0.25) is 6.10 Å². The van der Waals surface area contributed by atoms with Crippen LogP contribution in [0.3, 0.4) is 0 Å². The van der Waals surface area contributed by atoms with E-state index < -0.39 is 41.7 Å². The standard InChI is InChI=1S/C23H22FNO6/c24-16-7-5-6-15(12-16)23(10-3-4-11-23)22(28)30-14-20(26)25-21(27)19-13-29-17-8-1-2-9-18(17)31-19/h1-2,5-9,12,19H,3-4,10-11,13-14H2,(H,25,26,27). The maximum absolute atomic E-state index is 13.7. The molecule has 1 saturated carbocycles. The van der Waals surface area contributed by atoms with Crippen molar-refractivity contribution in [3.8, 4) is 11.5 Å². The number of carbonyl (C=O) groups excluding carboxylic acids is 3. The summed E-state index contributed by atoms with van der Waals surface area (Å²) in [7, 11) is 0. The van der Waals surface area contributed by atoms with Crippen LogP contribution in [-0.4, -0.2) is 37.1 Å². The highest BCUT2D eigenvalue weighted by molar-refractivity contribution is 5.99. The Bertz CT molecular complexity index is 1000. The third-order valence-electron chi connectivity index (χ3n) is 5.62. The zero-order chi connectivity index (χ0) is 21.8. The molecule has 0 saturated heterocycles. The molecule has 162 valence electrons. The second-order valence-corrected chi connectivity index (χ2v) is 7.65. The number of fused-ring (bicyclic) bond motifs is 1. The Kier molecular flexibility index (Phi) is 5.88. The quantitative estimate of drug-likeness (QED) is 0.738. The van der Waals surface area contributed by atoms with E-state index in [0.29, 0.717) is 29.9 Å². The van der Waals surface area contributed by atoms with Crippen LogP contribution in [0.5, 0.6) is 11.5 Å². The van der Waals surface area contributed by atoms with E-state index in [0.717, 1.165) is 12.8 Å². The van der Waals surface area contributed by atoms with Crippen LogP contribution in [-0.2, 0) is 24.5 Å². The summed E-state index contributed by atoms with van der Waals surface area (Å²) in [4.78, 5) is 37.4. The van der Waals surface area contributed by atoms with Gasteiger partial charge < -0.3 is 14.2 Å². The molecule has 1 N–H and O–H groups in total. The molecular weight excluding hydrogens is 405 g/mol. The maximum atomic E-state index is 13.7. The van der Waals surface area contributed by atoms with Gasteiger partial charge in [-0.15, -0.1) is 0 Å². The van der Waals surface area contributed by atoms with Gasteiger partial charge in [0.05, 0.1) is 5.41 Å². The molecule has 2 aliphatic rings. The zero-order valence-electron chi connectivity index (χ0n) is 16.8. The Morgan fingerprint density at radius 1 is 1.06 bits per heavy atom. The van der Waals surface area contributed by atoms with E-state index in [9.17, 15) is 18.8 Å². The van der Waals surface area contributed by atoms with E-state index in [2.05, 4.69) is 5.32 Å². The van der Waals surface area contributed by atoms with Gasteiger partial charge in [-0.05, 0) is 42.7 Å². The van der Waals surface area contributed by atoms with Crippen LogP contribution in [0.25, 0.3) is 0 Å². The van der Waals surface area contributed by atoms with Crippen LogP contribution < -0.4 is 14.8 Å². The molecule has 1 heterocycles. The lowest BCUT2D eigenvalue weighted by Crippen LogP contribution is -2.47. The van der Waals surface area contributed by atoms with E-state index in [1.54, 1.807) is 36.4 Å². The first kappa shape index (κ1) is 20.8. The average Bonchev–Trinajstić information content (AvgIpc) is 3.28. The second-order valence-electron chi connectivity index (χ2n) is 7.65. The van der Waals surface area contributed by atoms with Crippen LogP contribution in [0.4, 0.5) is 4.39 Å². The number of nitrogens with one attached hydrogen (secondary N) is 1. The lowest BCUT2D eigenvalue weighted by atomic mass is 9.79. The first-order chi connectivity index (χ1) is 15.0. The van der Waals surface area contributed by atoms with Crippen LogP contribution in [0.1, 0.15) is 31.2 Å². The minimum atomic E-state index is -0.997. The third kappa shape index (κ3) is 4.38. The number of carbonyl (C=O) groups is 3. The zero-order valence-corrected chi connectivity index (χ0v) is 16.8. The summed E-state index contributed by atoms with van der Waals surface area (Å²) in [6, 6.07) is 12.8. The number of hydrogen-bond acceptors (Lipinski definition) is 6. The molecule has 1 fully saturated rings. The van der Waals surface area contributed by atoms with Crippen LogP contribution in [0.15, 0.2) is 48.5 Å². The Morgan fingerprint density at radius 3 is 2.55 bits per heavy atom. The molecule has 2 aromatic carbocycles. The minimum absolute atomic E-state index is 0.0431. The molecule has 4 rings (SSSR count). The number of halogens is 1. The predicted molar refractivity (Wildman–Crippen MR) is 107 cm³/mol. The summed E-state index contributed by atoms with van der Waals surface area (Å²) in [6.07, 6.45) is 1.64. The lowest BCUT2D eigenvalue weighted by molar-refractivity contribution is -0.155. The van der Waals surface area contributed by atoms with Crippen LogP contribution in [0.2, 0.25) is 0 Å². The van der Waals surface area contributed by atoms with Crippen molar-refractivity contribution in [1.29, 1.82) is 0 Å². The number of rotatable bonds is 5. The molecule has 0 spiro atoms. The number of ether oxygens (including phenoxy) is 3. The second kappa shape index (κ2) is 8.75. The van der Waals surface area contributed by atoms with Gasteiger partial charge in [0.15, 0.2) is 18.1 Å². The van der Waals surface area contributed by atoms with Gasteiger partial charge in [0, 0.05) is 0 Å². The molecule has 7 nitrogen and oxygen atoms in total. The Balaban J connectivity index is 1.34. The van der Waals surface area contributed by atoms with Gasteiger partial charge >= 0.3 is 5.97 Å². The fourth-order valence-electron chi connectivity index (χ4n) is 4.05. The fourth-order valence-corrected chi connectivity index (χ4v) is 4.05. The van der Waals surface area contributed by atoms with Gasteiger partial charge in [-0.1, -0.05) is 37.1 Å². The van der Waals surface area contributed by atoms with Crippen LogP contribution >= 0.6 is 0 Å². The minimum Gasteiger partial charge on any atom is -0.485 e. The van der Waals surface area contributed by atoms with Crippen molar-refractivity contribution in [1.82, 2.24) is 5.32 Å². The van der Waals surface area contributed by atoms with Crippen LogP contribution in [0, 0.1) is 5.82 Å². The third-order valence-corrected chi connectivity index (χ3v) is 5.62. The smallest absolute Gasteiger partial charge is 0.317 e. The highest BCUT2D eigenvalue weighted by Crippen LogP contribution is 2.42. The fraction of sp³-hybridized carbons (Fsp3) is 0.348. The monoisotopic (exact) mass is 427 g/mol. The molecule has 1 atom stereocenters. The highest BCUT2D eigenvalue weighted by Gasteiger charge is 2.44. The average molecular weight is 427 g/mol. The van der Waals surface area contributed by atoms with Crippen molar-refractivity contribution >= 4 is 17.8 Å². The molecule has 2 amide bonds. The summed E-state index contributed by atoms with van der Waals surface area (Å²) in [6.45, 7) is -0.662. The summed E-state index contributed by atoms with van der Waals surface area (Å²) in [5.74, 6) is -1.55. The molecule has 0 aromatic heterocycles. The highest BCUT2D eigenvalue weighted by atomic mass is 19.1. The topological polar surface area (TPSA) is 90.9 Å². The largest absolute Gasteiger partial charge is 0.485 e. The van der Waals surface area contributed by atoms with Crippen molar-refractivity contribution in [3.63, 3.8) is 0 Å². The summed E-state index contributed by atoms with van der Waals surface area (Å²) in [5.41, 5.74) is -0.436. The Labute approximate surface area is 178 Å². The first-order valence-electron chi connectivity index (χ1n) is 10.1. The van der Waals surface area contributed by atoms with Gasteiger partial charge in [0.25, 0.3) is 11.8 Å². The van der Waals surface area contributed by atoms with E-state index in [-0.39, 0.29) is 6.61 Å². The molecule has 1 aliphatic heterocycles. The van der Waals surface area contributed by atoms with Crippen molar-refractivity contribution in [2.24, 2.45) is 0 Å². The van der Waals surface area contributed by atoms with E-state index in [1.165, 1.54) is 12.1 Å². The molecule has 1 unspecified atom stereocenters. The van der Waals surface area contributed by atoms with Crippen molar-refractivity contribution in [2.45, 2.75) is 37.2 Å².